The van der Waals surface area contributed by atoms with Crippen molar-refractivity contribution < 1.29 is 14.3 Å². The van der Waals surface area contributed by atoms with Gasteiger partial charge in [-0.2, -0.15) is 0 Å². The summed E-state index contributed by atoms with van der Waals surface area (Å²) in [6.45, 7) is 6.01. The van der Waals surface area contributed by atoms with Crippen LogP contribution < -0.4 is 15.8 Å². The molecule has 1 aliphatic rings. The zero-order valence-corrected chi connectivity index (χ0v) is 17.7. The smallest absolute Gasteiger partial charge is 0.251 e. The Morgan fingerprint density at radius 3 is 2.59 bits per heavy atom. The summed E-state index contributed by atoms with van der Waals surface area (Å²) in [6, 6.07) is 7.59. The van der Waals surface area contributed by atoms with Crippen molar-refractivity contribution in [2.24, 2.45) is 5.73 Å². The normalized spacial score (nSPS) is 14.5. The van der Waals surface area contributed by atoms with Crippen molar-refractivity contribution in [3.8, 4) is 5.75 Å². The summed E-state index contributed by atoms with van der Waals surface area (Å²) < 4.78 is 5.82. The molecule has 0 spiro atoms. The second kappa shape index (κ2) is 10.4. The van der Waals surface area contributed by atoms with Gasteiger partial charge >= 0.3 is 0 Å². The Morgan fingerprint density at radius 1 is 1.17 bits per heavy atom. The predicted molar refractivity (Wildman–Crippen MR) is 117 cm³/mol. The largest absolute Gasteiger partial charge is 0.494 e. The van der Waals surface area contributed by atoms with Crippen LogP contribution in [0.5, 0.6) is 5.75 Å². The van der Waals surface area contributed by atoms with Gasteiger partial charge in [-0.05, 0) is 67.9 Å². The van der Waals surface area contributed by atoms with E-state index in [1.807, 2.05) is 29.6 Å². The van der Waals surface area contributed by atoms with Crippen LogP contribution in [0.3, 0.4) is 0 Å². The number of carbonyl (C=O) groups is 2. The fourth-order valence-electron chi connectivity index (χ4n) is 3.56. The molecule has 1 aromatic carbocycles. The molecule has 2 amide bonds. The fraction of sp³-hybridized carbons (Fsp3) is 0.455. The van der Waals surface area contributed by atoms with Crippen LogP contribution >= 0.6 is 11.3 Å². The number of aryl methyl sites for hydroxylation is 1. The van der Waals surface area contributed by atoms with E-state index in [9.17, 15) is 9.59 Å². The molecule has 1 fully saturated rings. The summed E-state index contributed by atoms with van der Waals surface area (Å²) in [5, 5.41) is 5.11. The zero-order chi connectivity index (χ0) is 20.6. The van der Waals surface area contributed by atoms with Crippen LogP contribution in [0.2, 0.25) is 0 Å². The number of likely N-dealkylation sites (tertiary alicyclic amines) is 1. The van der Waals surface area contributed by atoms with Crippen LogP contribution in [0.15, 0.2) is 29.6 Å². The van der Waals surface area contributed by atoms with Gasteiger partial charge < -0.3 is 20.7 Å². The number of anilines is 1. The van der Waals surface area contributed by atoms with Crippen molar-refractivity contribution >= 4 is 28.2 Å². The highest BCUT2D eigenvalue weighted by Crippen LogP contribution is 2.27. The molecule has 0 aliphatic carbocycles. The number of hydrogen-bond donors (Lipinski definition) is 2. The van der Waals surface area contributed by atoms with Crippen molar-refractivity contribution in [2.75, 3.05) is 31.6 Å². The molecular formula is C22H29N3O3S. The minimum Gasteiger partial charge on any atom is -0.494 e. The van der Waals surface area contributed by atoms with Crippen LogP contribution in [-0.2, 0) is 11.2 Å². The number of benzene rings is 1. The fourth-order valence-corrected chi connectivity index (χ4v) is 4.53. The van der Waals surface area contributed by atoms with Crippen LogP contribution in [0.1, 0.15) is 47.2 Å². The van der Waals surface area contributed by atoms with Gasteiger partial charge in [-0.15, -0.1) is 11.3 Å². The van der Waals surface area contributed by atoms with E-state index >= 15 is 0 Å². The average Bonchev–Trinajstić information content (AvgIpc) is 3.07. The summed E-state index contributed by atoms with van der Waals surface area (Å²) in [6.07, 6.45) is 5.23. The molecular weight excluding hydrogens is 386 g/mol. The minimum absolute atomic E-state index is 0.176. The highest BCUT2D eigenvalue weighted by molar-refractivity contribution is 7.15. The molecule has 1 aliphatic heterocycles. The standard InChI is InChI=1S/C22H29N3O3S/c1-16-15-29-22(20(16)21(23)27)24-19(26)14-17-6-8-18(9-7-17)28-13-5-12-25-10-3-2-4-11-25/h6-9,15H,2-5,10-14H2,1H3,(H2,23,27)(H,24,26). The first-order valence-electron chi connectivity index (χ1n) is 10.1. The number of piperidine rings is 1. The first kappa shape index (κ1) is 21.3. The Bertz CT molecular complexity index is 826. The molecule has 3 rings (SSSR count). The molecule has 3 N–H and O–H groups in total. The number of carbonyl (C=O) groups excluding carboxylic acids is 2. The summed E-state index contributed by atoms with van der Waals surface area (Å²) in [4.78, 5) is 26.4. The first-order valence-corrected chi connectivity index (χ1v) is 11.0. The zero-order valence-electron chi connectivity index (χ0n) is 16.9. The summed E-state index contributed by atoms with van der Waals surface area (Å²) >= 11 is 1.31. The van der Waals surface area contributed by atoms with Crippen LogP contribution in [-0.4, -0.2) is 43.0 Å². The molecule has 6 nitrogen and oxygen atoms in total. The van der Waals surface area contributed by atoms with E-state index in [0.717, 1.165) is 29.8 Å². The van der Waals surface area contributed by atoms with E-state index in [-0.39, 0.29) is 12.3 Å². The lowest BCUT2D eigenvalue weighted by atomic mass is 10.1. The number of nitrogens with zero attached hydrogens (tertiary/aromatic N) is 1. The molecule has 1 aromatic heterocycles. The monoisotopic (exact) mass is 415 g/mol. The van der Waals surface area contributed by atoms with Crippen molar-refractivity contribution in [1.82, 2.24) is 4.90 Å². The number of nitrogens with two attached hydrogens (primary N) is 1. The molecule has 29 heavy (non-hydrogen) atoms. The third kappa shape index (κ3) is 6.30. The molecule has 0 unspecified atom stereocenters. The van der Waals surface area contributed by atoms with Crippen LogP contribution in [0.4, 0.5) is 5.00 Å². The Labute approximate surface area is 176 Å². The molecule has 0 radical (unpaired) electrons. The van der Waals surface area contributed by atoms with Crippen molar-refractivity contribution in [3.05, 3.63) is 46.3 Å². The molecule has 0 atom stereocenters. The Hall–Kier alpha value is -2.38. The van der Waals surface area contributed by atoms with Gasteiger partial charge in [0.25, 0.3) is 5.91 Å². The molecule has 0 saturated carbocycles. The van der Waals surface area contributed by atoms with E-state index in [1.54, 1.807) is 6.92 Å². The van der Waals surface area contributed by atoms with Gasteiger partial charge in [0.2, 0.25) is 5.91 Å². The third-order valence-corrected chi connectivity index (χ3v) is 6.11. The quantitative estimate of drug-likeness (QED) is 0.613. The summed E-state index contributed by atoms with van der Waals surface area (Å²) in [5.74, 6) is 0.114. The lowest BCUT2D eigenvalue weighted by Crippen LogP contribution is -2.31. The maximum absolute atomic E-state index is 12.3. The lowest BCUT2D eigenvalue weighted by Gasteiger charge is -2.26. The van der Waals surface area contributed by atoms with Crippen LogP contribution in [0, 0.1) is 6.92 Å². The van der Waals surface area contributed by atoms with Crippen molar-refractivity contribution in [1.29, 1.82) is 0 Å². The number of thiophene rings is 1. The summed E-state index contributed by atoms with van der Waals surface area (Å²) in [5.41, 5.74) is 7.45. The highest BCUT2D eigenvalue weighted by Gasteiger charge is 2.16. The number of amides is 2. The molecule has 2 heterocycles. The van der Waals surface area contributed by atoms with Gasteiger partial charge in [0.15, 0.2) is 0 Å². The third-order valence-electron chi connectivity index (χ3n) is 5.10. The van der Waals surface area contributed by atoms with Gasteiger partial charge in [-0.25, -0.2) is 0 Å². The van der Waals surface area contributed by atoms with Crippen molar-refractivity contribution in [3.63, 3.8) is 0 Å². The van der Waals surface area contributed by atoms with Crippen LogP contribution in [0.25, 0.3) is 0 Å². The Balaban J connectivity index is 1.42. The molecule has 0 bridgehead atoms. The Morgan fingerprint density at radius 2 is 1.90 bits per heavy atom. The second-order valence-corrected chi connectivity index (χ2v) is 8.34. The predicted octanol–water partition coefficient (Wildman–Crippen LogP) is 3.59. The molecule has 1 saturated heterocycles. The average molecular weight is 416 g/mol. The Kier molecular flexibility index (Phi) is 7.66. The molecule has 156 valence electrons. The van der Waals surface area contributed by atoms with E-state index in [0.29, 0.717) is 17.2 Å². The first-order chi connectivity index (χ1) is 14.0. The van der Waals surface area contributed by atoms with Crippen molar-refractivity contribution in [2.45, 2.75) is 39.0 Å². The van der Waals surface area contributed by atoms with Gasteiger partial charge in [-0.1, -0.05) is 18.6 Å². The number of nitrogens with one attached hydrogen (secondary N) is 1. The topological polar surface area (TPSA) is 84.7 Å². The number of primary amides is 1. The lowest BCUT2D eigenvalue weighted by molar-refractivity contribution is -0.115. The second-order valence-electron chi connectivity index (χ2n) is 7.46. The van der Waals surface area contributed by atoms with E-state index < -0.39 is 5.91 Å². The SMILES string of the molecule is Cc1csc(NC(=O)Cc2ccc(OCCCN3CCCCC3)cc2)c1C(N)=O. The minimum atomic E-state index is -0.527. The maximum Gasteiger partial charge on any atom is 0.251 e. The van der Waals surface area contributed by atoms with Gasteiger partial charge in [0.1, 0.15) is 10.8 Å². The summed E-state index contributed by atoms with van der Waals surface area (Å²) in [7, 11) is 0. The van der Waals surface area contributed by atoms with Gasteiger partial charge in [0, 0.05) is 6.54 Å². The number of hydrogen-bond acceptors (Lipinski definition) is 5. The van der Waals surface area contributed by atoms with E-state index in [1.165, 1.54) is 43.7 Å². The number of ether oxygens (including phenoxy) is 1. The van der Waals surface area contributed by atoms with Gasteiger partial charge in [-0.3, -0.25) is 9.59 Å². The maximum atomic E-state index is 12.3. The van der Waals surface area contributed by atoms with E-state index in [2.05, 4.69) is 10.2 Å². The molecule has 2 aromatic rings. The number of rotatable bonds is 9. The molecule has 7 heteroatoms. The van der Waals surface area contributed by atoms with E-state index in [4.69, 9.17) is 10.5 Å². The van der Waals surface area contributed by atoms with Gasteiger partial charge in [0.05, 0.1) is 18.6 Å². The highest BCUT2D eigenvalue weighted by atomic mass is 32.1.